The predicted molar refractivity (Wildman–Crippen MR) is 91.1 cm³/mol. The SMILES string of the molecule is CCc1cnc(N2CCCC(COc3ccnc(C(F)(F)F)c3)C2)nc1. The Balaban J connectivity index is 1.58. The Morgan fingerprint density at radius 3 is 2.69 bits per heavy atom. The van der Waals surface area contributed by atoms with Crippen molar-refractivity contribution in [1.82, 2.24) is 15.0 Å². The number of nitrogens with zero attached hydrogens (tertiary/aromatic N) is 4. The monoisotopic (exact) mass is 366 g/mol. The van der Waals surface area contributed by atoms with Gasteiger partial charge in [-0.15, -0.1) is 0 Å². The first-order chi connectivity index (χ1) is 12.5. The molecule has 3 heterocycles. The van der Waals surface area contributed by atoms with Gasteiger partial charge in [-0.05, 0) is 30.9 Å². The minimum atomic E-state index is -4.47. The van der Waals surface area contributed by atoms with Crippen LogP contribution in [-0.4, -0.2) is 34.6 Å². The van der Waals surface area contributed by atoms with E-state index in [9.17, 15) is 13.2 Å². The molecule has 2 aromatic heterocycles. The van der Waals surface area contributed by atoms with Gasteiger partial charge < -0.3 is 9.64 Å². The molecule has 0 aromatic carbocycles. The van der Waals surface area contributed by atoms with E-state index in [1.54, 1.807) is 0 Å². The molecular weight excluding hydrogens is 345 g/mol. The molecule has 1 aliphatic heterocycles. The summed E-state index contributed by atoms with van der Waals surface area (Å²) in [6.45, 7) is 4.00. The number of ether oxygens (including phenoxy) is 1. The first-order valence-corrected chi connectivity index (χ1v) is 8.67. The molecule has 0 bridgehead atoms. The zero-order valence-electron chi connectivity index (χ0n) is 14.5. The van der Waals surface area contributed by atoms with E-state index in [0.29, 0.717) is 12.6 Å². The van der Waals surface area contributed by atoms with E-state index >= 15 is 0 Å². The molecule has 0 amide bonds. The number of anilines is 1. The van der Waals surface area contributed by atoms with Crippen LogP contribution in [0.15, 0.2) is 30.7 Å². The van der Waals surface area contributed by atoms with Crippen LogP contribution in [0.3, 0.4) is 0 Å². The Kier molecular flexibility index (Phi) is 5.58. The van der Waals surface area contributed by atoms with Crippen LogP contribution in [0.2, 0.25) is 0 Å². The molecule has 1 aliphatic rings. The lowest BCUT2D eigenvalue weighted by Gasteiger charge is -2.32. The van der Waals surface area contributed by atoms with Crippen molar-refractivity contribution in [2.24, 2.45) is 5.92 Å². The summed E-state index contributed by atoms with van der Waals surface area (Å²) >= 11 is 0. The molecule has 8 heteroatoms. The van der Waals surface area contributed by atoms with Crippen molar-refractivity contribution in [3.8, 4) is 5.75 Å². The zero-order chi connectivity index (χ0) is 18.6. The molecule has 2 aromatic rings. The second kappa shape index (κ2) is 7.88. The van der Waals surface area contributed by atoms with E-state index in [1.165, 1.54) is 6.07 Å². The Bertz CT molecular complexity index is 721. The highest BCUT2D eigenvalue weighted by molar-refractivity contribution is 5.31. The highest BCUT2D eigenvalue weighted by Gasteiger charge is 2.32. The van der Waals surface area contributed by atoms with Gasteiger partial charge in [-0.2, -0.15) is 13.2 Å². The van der Waals surface area contributed by atoms with E-state index < -0.39 is 11.9 Å². The van der Waals surface area contributed by atoms with Crippen LogP contribution in [0.5, 0.6) is 5.75 Å². The fraction of sp³-hybridized carbons (Fsp3) is 0.500. The number of aryl methyl sites for hydroxylation is 1. The van der Waals surface area contributed by atoms with Crippen LogP contribution < -0.4 is 9.64 Å². The Labute approximate surface area is 150 Å². The molecule has 1 unspecified atom stereocenters. The topological polar surface area (TPSA) is 51.1 Å². The van der Waals surface area contributed by atoms with Crippen LogP contribution in [-0.2, 0) is 12.6 Å². The van der Waals surface area contributed by atoms with Gasteiger partial charge in [-0.3, -0.25) is 4.98 Å². The Morgan fingerprint density at radius 2 is 2.00 bits per heavy atom. The summed E-state index contributed by atoms with van der Waals surface area (Å²) < 4.78 is 43.7. The quantitative estimate of drug-likeness (QED) is 0.807. The van der Waals surface area contributed by atoms with Gasteiger partial charge in [-0.1, -0.05) is 6.92 Å². The average Bonchev–Trinajstić information content (AvgIpc) is 2.66. The van der Waals surface area contributed by atoms with Gasteiger partial charge in [0.15, 0.2) is 0 Å². The molecule has 26 heavy (non-hydrogen) atoms. The zero-order valence-corrected chi connectivity index (χ0v) is 14.5. The minimum Gasteiger partial charge on any atom is -0.493 e. The van der Waals surface area contributed by atoms with E-state index in [4.69, 9.17) is 4.74 Å². The van der Waals surface area contributed by atoms with E-state index in [2.05, 4.69) is 26.8 Å². The third-order valence-corrected chi connectivity index (χ3v) is 4.41. The van der Waals surface area contributed by atoms with Gasteiger partial charge in [0, 0.05) is 43.7 Å². The number of aromatic nitrogens is 3. The maximum atomic E-state index is 12.7. The second-order valence-electron chi connectivity index (χ2n) is 6.38. The van der Waals surface area contributed by atoms with Gasteiger partial charge in [-0.25, -0.2) is 9.97 Å². The lowest BCUT2D eigenvalue weighted by molar-refractivity contribution is -0.141. The summed E-state index contributed by atoms with van der Waals surface area (Å²) in [5.41, 5.74) is 0.147. The van der Waals surface area contributed by atoms with Crippen molar-refractivity contribution in [3.05, 3.63) is 42.0 Å². The van der Waals surface area contributed by atoms with Gasteiger partial charge >= 0.3 is 6.18 Å². The van der Waals surface area contributed by atoms with Crippen LogP contribution in [0.4, 0.5) is 19.1 Å². The highest BCUT2D eigenvalue weighted by Crippen LogP contribution is 2.30. The molecule has 140 valence electrons. The van der Waals surface area contributed by atoms with Crippen LogP contribution in [0.1, 0.15) is 31.0 Å². The Morgan fingerprint density at radius 1 is 1.23 bits per heavy atom. The minimum absolute atomic E-state index is 0.188. The fourth-order valence-corrected chi connectivity index (χ4v) is 2.95. The maximum absolute atomic E-state index is 12.7. The van der Waals surface area contributed by atoms with E-state index in [0.717, 1.165) is 50.2 Å². The number of halogens is 3. The first kappa shape index (κ1) is 18.4. The van der Waals surface area contributed by atoms with Crippen molar-refractivity contribution in [1.29, 1.82) is 0 Å². The van der Waals surface area contributed by atoms with Gasteiger partial charge in [0.25, 0.3) is 0 Å². The smallest absolute Gasteiger partial charge is 0.433 e. The third-order valence-electron chi connectivity index (χ3n) is 4.41. The molecule has 1 fully saturated rings. The second-order valence-corrected chi connectivity index (χ2v) is 6.38. The van der Waals surface area contributed by atoms with Crippen molar-refractivity contribution in [2.45, 2.75) is 32.4 Å². The summed E-state index contributed by atoms with van der Waals surface area (Å²) in [5, 5.41) is 0. The summed E-state index contributed by atoms with van der Waals surface area (Å²) in [6.07, 6.45) is 3.13. The number of piperidine rings is 1. The number of hydrogen-bond acceptors (Lipinski definition) is 5. The van der Waals surface area contributed by atoms with Crippen molar-refractivity contribution < 1.29 is 17.9 Å². The number of rotatable bonds is 5. The molecule has 0 spiro atoms. The molecule has 1 saturated heterocycles. The number of alkyl halides is 3. The molecule has 1 atom stereocenters. The third kappa shape index (κ3) is 4.62. The molecular formula is C18H21F3N4O. The highest BCUT2D eigenvalue weighted by atomic mass is 19.4. The van der Waals surface area contributed by atoms with E-state index in [1.807, 2.05) is 12.4 Å². The van der Waals surface area contributed by atoms with Crippen molar-refractivity contribution >= 4 is 5.95 Å². The molecule has 0 N–H and O–H groups in total. The number of hydrogen-bond donors (Lipinski definition) is 0. The maximum Gasteiger partial charge on any atom is 0.433 e. The summed E-state index contributed by atoms with van der Waals surface area (Å²) in [7, 11) is 0. The van der Waals surface area contributed by atoms with Crippen LogP contribution in [0.25, 0.3) is 0 Å². The summed E-state index contributed by atoms with van der Waals surface area (Å²) in [4.78, 5) is 14.3. The first-order valence-electron chi connectivity index (χ1n) is 8.67. The lowest BCUT2D eigenvalue weighted by Crippen LogP contribution is -2.38. The molecule has 0 radical (unpaired) electrons. The predicted octanol–water partition coefficient (Wildman–Crippen LogP) is 3.75. The molecule has 3 rings (SSSR count). The number of pyridine rings is 1. The standard InChI is InChI=1S/C18H21F3N4O/c1-2-13-9-23-17(24-10-13)25-7-3-4-14(11-25)12-26-15-5-6-22-16(8-15)18(19,20)21/h5-6,8-10,14H,2-4,7,11-12H2,1H3. The van der Waals surface area contributed by atoms with Gasteiger partial charge in [0.1, 0.15) is 11.4 Å². The lowest BCUT2D eigenvalue weighted by atomic mass is 9.99. The molecule has 0 saturated carbocycles. The average molecular weight is 366 g/mol. The van der Waals surface area contributed by atoms with Crippen molar-refractivity contribution in [2.75, 3.05) is 24.6 Å². The normalized spacial score (nSPS) is 18.0. The summed E-state index contributed by atoms with van der Waals surface area (Å²) in [6, 6.07) is 2.38. The fourth-order valence-electron chi connectivity index (χ4n) is 2.95. The van der Waals surface area contributed by atoms with Crippen LogP contribution in [0, 0.1) is 5.92 Å². The van der Waals surface area contributed by atoms with Crippen molar-refractivity contribution in [3.63, 3.8) is 0 Å². The molecule has 0 aliphatic carbocycles. The molecule has 5 nitrogen and oxygen atoms in total. The largest absolute Gasteiger partial charge is 0.493 e. The summed E-state index contributed by atoms with van der Waals surface area (Å²) in [5.74, 6) is 1.09. The van der Waals surface area contributed by atoms with Gasteiger partial charge in [0.05, 0.1) is 6.61 Å². The van der Waals surface area contributed by atoms with Crippen LogP contribution >= 0.6 is 0 Å². The van der Waals surface area contributed by atoms with Gasteiger partial charge in [0.2, 0.25) is 5.95 Å². The van der Waals surface area contributed by atoms with E-state index in [-0.39, 0.29) is 11.7 Å². The Hall–Kier alpha value is -2.38.